The maximum atomic E-state index is 12.9. The number of benzene rings is 2. The zero-order valence-electron chi connectivity index (χ0n) is 17.3. The molecule has 1 saturated heterocycles. The molecule has 6 nitrogen and oxygen atoms in total. The third kappa shape index (κ3) is 4.60. The number of allylic oxidation sites excluding steroid dienone is 1. The van der Waals surface area contributed by atoms with E-state index in [4.69, 9.17) is 21.1 Å². The molecule has 2 aromatic rings. The SMILES string of the molecule is CCOC(=O)C1CCCN(Cc2c(O)ccc3c2O/C(=C\c2cccc(Cl)c2)C3=O)C1. The molecular formula is C24H24ClNO5. The smallest absolute Gasteiger partial charge is 0.310 e. The van der Waals surface area contributed by atoms with Gasteiger partial charge in [-0.05, 0) is 62.2 Å². The van der Waals surface area contributed by atoms with E-state index in [9.17, 15) is 14.7 Å². The van der Waals surface area contributed by atoms with Crippen LogP contribution in [0.25, 0.3) is 6.08 Å². The number of nitrogens with zero attached hydrogens (tertiary/aromatic N) is 1. The molecule has 0 amide bonds. The number of hydrogen-bond donors (Lipinski definition) is 1. The number of rotatable bonds is 5. The molecule has 0 aromatic heterocycles. The van der Waals surface area contributed by atoms with Crippen molar-refractivity contribution in [3.8, 4) is 11.5 Å². The standard InChI is InChI=1S/C24H24ClNO5/c1-2-30-24(29)16-6-4-10-26(13-16)14-19-20(27)9-8-18-22(28)21(31-23(18)19)12-15-5-3-7-17(25)11-15/h3,5,7-9,11-12,16,27H,2,4,6,10,13-14H2,1H3/b21-12-. The molecule has 7 heteroatoms. The highest BCUT2D eigenvalue weighted by Crippen LogP contribution is 2.40. The van der Waals surface area contributed by atoms with Crippen LogP contribution >= 0.6 is 11.6 Å². The van der Waals surface area contributed by atoms with Crippen LogP contribution in [0.15, 0.2) is 42.2 Å². The summed E-state index contributed by atoms with van der Waals surface area (Å²) in [4.78, 5) is 27.1. The van der Waals surface area contributed by atoms with E-state index in [1.165, 1.54) is 6.07 Å². The fourth-order valence-corrected chi connectivity index (χ4v) is 4.27. The molecule has 0 aliphatic carbocycles. The third-order valence-corrected chi connectivity index (χ3v) is 5.80. The predicted molar refractivity (Wildman–Crippen MR) is 117 cm³/mol. The zero-order chi connectivity index (χ0) is 22.0. The van der Waals surface area contributed by atoms with Crippen LogP contribution in [0.1, 0.15) is 41.3 Å². The largest absolute Gasteiger partial charge is 0.507 e. The molecule has 0 bridgehead atoms. The van der Waals surface area contributed by atoms with E-state index < -0.39 is 0 Å². The van der Waals surface area contributed by atoms with E-state index in [0.717, 1.165) is 24.9 Å². The molecule has 2 aromatic carbocycles. The summed E-state index contributed by atoms with van der Waals surface area (Å²) in [6.07, 6.45) is 3.29. The maximum Gasteiger partial charge on any atom is 0.310 e. The number of piperidine rings is 1. The zero-order valence-corrected chi connectivity index (χ0v) is 18.0. The Morgan fingerprint density at radius 2 is 2.19 bits per heavy atom. The van der Waals surface area contributed by atoms with Crippen molar-refractivity contribution in [2.75, 3.05) is 19.7 Å². The van der Waals surface area contributed by atoms with Crippen LogP contribution in [-0.4, -0.2) is 41.5 Å². The lowest BCUT2D eigenvalue weighted by Crippen LogP contribution is -2.39. The van der Waals surface area contributed by atoms with Crippen LogP contribution in [0.4, 0.5) is 0 Å². The summed E-state index contributed by atoms with van der Waals surface area (Å²) in [5.74, 6) is 0.0121. The Kier molecular flexibility index (Phi) is 6.30. The van der Waals surface area contributed by atoms with Gasteiger partial charge in [0.1, 0.15) is 11.5 Å². The van der Waals surface area contributed by atoms with Crippen LogP contribution in [0.3, 0.4) is 0 Å². The Labute approximate surface area is 186 Å². The minimum Gasteiger partial charge on any atom is -0.507 e. The fourth-order valence-electron chi connectivity index (χ4n) is 4.07. The van der Waals surface area contributed by atoms with Crippen molar-refractivity contribution in [2.45, 2.75) is 26.3 Å². The van der Waals surface area contributed by atoms with Crippen LogP contribution in [0.5, 0.6) is 11.5 Å². The molecule has 2 heterocycles. The molecule has 4 rings (SSSR count). The minimum atomic E-state index is -0.237. The molecule has 1 atom stereocenters. The van der Waals surface area contributed by atoms with Crippen molar-refractivity contribution in [1.82, 2.24) is 4.90 Å². The van der Waals surface area contributed by atoms with E-state index in [2.05, 4.69) is 4.90 Å². The first-order chi connectivity index (χ1) is 15.0. The lowest BCUT2D eigenvalue weighted by molar-refractivity contribution is -0.150. The first-order valence-electron chi connectivity index (χ1n) is 10.4. The number of phenolic OH excluding ortho intramolecular Hbond substituents is 1. The van der Waals surface area contributed by atoms with E-state index >= 15 is 0 Å². The highest BCUT2D eigenvalue weighted by Gasteiger charge is 2.33. The second kappa shape index (κ2) is 9.12. The van der Waals surface area contributed by atoms with Gasteiger partial charge in [0.2, 0.25) is 5.78 Å². The summed E-state index contributed by atoms with van der Waals surface area (Å²) in [5, 5.41) is 11.1. The Balaban J connectivity index is 1.57. The van der Waals surface area contributed by atoms with Gasteiger partial charge in [-0.2, -0.15) is 0 Å². The first kappa shape index (κ1) is 21.4. The second-order valence-corrected chi connectivity index (χ2v) is 8.20. The first-order valence-corrected chi connectivity index (χ1v) is 10.8. The number of ether oxygens (including phenoxy) is 2. The van der Waals surface area contributed by atoms with Gasteiger partial charge in [-0.15, -0.1) is 0 Å². The number of carbonyl (C=O) groups is 2. The average Bonchev–Trinajstić information content (AvgIpc) is 3.06. The van der Waals surface area contributed by atoms with Crippen molar-refractivity contribution in [3.63, 3.8) is 0 Å². The summed E-state index contributed by atoms with van der Waals surface area (Å²) >= 11 is 6.04. The summed E-state index contributed by atoms with van der Waals surface area (Å²) in [6, 6.07) is 10.2. The van der Waals surface area contributed by atoms with Gasteiger partial charge in [0, 0.05) is 18.1 Å². The van der Waals surface area contributed by atoms with Crippen LogP contribution < -0.4 is 4.74 Å². The lowest BCUT2D eigenvalue weighted by Gasteiger charge is -2.31. The monoisotopic (exact) mass is 441 g/mol. The quantitative estimate of drug-likeness (QED) is 0.546. The number of Topliss-reactive ketones (excluding diaryl/α,β-unsaturated/α-hetero) is 1. The number of fused-ring (bicyclic) bond motifs is 1. The molecular weight excluding hydrogens is 418 g/mol. The van der Waals surface area contributed by atoms with Crippen molar-refractivity contribution >= 4 is 29.4 Å². The number of hydrogen-bond acceptors (Lipinski definition) is 6. The Morgan fingerprint density at radius 1 is 1.35 bits per heavy atom. The Bertz CT molecular complexity index is 1050. The van der Waals surface area contributed by atoms with Gasteiger partial charge >= 0.3 is 5.97 Å². The van der Waals surface area contributed by atoms with E-state index in [-0.39, 0.29) is 29.2 Å². The molecule has 0 radical (unpaired) electrons. The number of phenols is 1. The van der Waals surface area contributed by atoms with Gasteiger partial charge < -0.3 is 14.6 Å². The Hall–Kier alpha value is -2.83. The van der Waals surface area contributed by atoms with Crippen molar-refractivity contribution in [3.05, 3.63) is 63.9 Å². The van der Waals surface area contributed by atoms with Gasteiger partial charge in [0.15, 0.2) is 5.76 Å². The summed E-state index contributed by atoms with van der Waals surface area (Å²) in [7, 11) is 0. The van der Waals surface area contributed by atoms with E-state index in [1.54, 1.807) is 37.3 Å². The van der Waals surface area contributed by atoms with Gasteiger partial charge in [0.25, 0.3) is 0 Å². The highest BCUT2D eigenvalue weighted by molar-refractivity contribution is 6.30. The summed E-state index contributed by atoms with van der Waals surface area (Å²) in [6.45, 7) is 3.87. The number of esters is 1. The molecule has 162 valence electrons. The third-order valence-electron chi connectivity index (χ3n) is 5.57. The highest BCUT2D eigenvalue weighted by atomic mass is 35.5. The number of halogens is 1. The number of aromatic hydroxyl groups is 1. The van der Waals surface area contributed by atoms with Gasteiger partial charge in [-0.25, -0.2) is 0 Å². The molecule has 0 saturated carbocycles. The van der Waals surface area contributed by atoms with E-state index in [1.807, 2.05) is 6.07 Å². The number of carbonyl (C=O) groups excluding carboxylic acids is 2. The summed E-state index contributed by atoms with van der Waals surface area (Å²) in [5.41, 5.74) is 1.72. The number of likely N-dealkylation sites (tertiary alicyclic amines) is 1. The molecule has 1 fully saturated rings. The molecule has 0 spiro atoms. The van der Waals surface area contributed by atoms with Crippen molar-refractivity contribution in [2.24, 2.45) is 5.92 Å². The van der Waals surface area contributed by atoms with Crippen LogP contribution in [0, 0.1) is 5.92 Å². The molecule has 31 heavy (non-hydrogen) atoms. The topological polar surface area (TPSA) is 76.1 Å². The second-order valence-electron chi connectivity index (χ2n) is 7.76. The van der Waals surface area contributed by atoms with Crippen molar-refractivity contribution in [1.29, 1.82) is 0 Å². The maximum absolute atomic E-state index is 12.9. The summed E-state index contributed by atoms with van der Waals surface area (Å²) < 4.78 is 11.1. The fraction of sp³-hybridized carbons (Fsp3) is 0.333. The normalized spacial score (nSPS) is 19.9. The average molecular weight is 442 g/mol. The molecule has 2 aliphatic heterocycles. The van der Waals surface area contributed by atoms with Crippen molar-refractivity contribution < 1.29 is 24.2 Å². The van der Waals surface area contributed by atoms with E-state index in [0.29, 0.717) is 41.6 Å². The molecule has 1 N–H and O–H groups in total. The van der Waals surface area contributed by atoms with Crippen LogP contribution in [-0.2, 0) is 16.1 Å². The van der Waals surface area contributed by atoms with Crippen LogP contribution in [0.2, 0.25) is 5.02 Å². The van der Waals surface area contributed by atoms with Gasteiger partial charge in [-0.3, -0.25) is 14.5 Å². The minimum absolute atomic E-state index is 0.0637. The molecule has 2 aliphatic rings. The predicted octanol–water partition coefficient (Wildman–Crippen LogP) is 4.44. The van der Waals surface area contributed by atoms with Gasteiger partial charge in [-0.1, -0.05) is 23.7 Å². The molecule has 1 unspecified atom stereocenters. The van der Waals surface area contributed by atoms with Gasteiger partial charge in [0.05, 0.1) is 23.7 Å². The Morgan fingerprint density at radius 3 is 2.97 bits per heavy atom. The number of ketones is 1. The lowest BCUT2D eigenvalue weighted by atomic mass is 9.97.